The summed E-state index contributed by atoms with van der Waals surface area (Å²) in [5.41, 5.74) is -0.290. The average Bonchev–Trinajstić information content (AvgIpc) is 3.29. The van der Waals surface area contributed by atoms with Gasteiger partial charge in [0.15, 0.2) is 0 Å². The Bertz CT molecular complexity index is 528. The fourth-order valence-corrected chi connectivity index (χ4v) is 4.09. The lowest BCUT2D eigenvalue weighted by atomic mass is 9.90. The summed E-state index contributed by atoms with van der Waals surface area (Å²) in [7, 11) is 1.96. The maximum absolute atomic E-state index is 12.6. The number of carbonyl (C=O) groups excluding carboxylic acids is 2. The maximum atomic E-state index is 12.6. The van der Waals surface area contributed by atoms with Crippen LogP contribution in [0.1, 0.15) is 26.2 Å². The monoisotopic (exact) mass is 337 g/mol. The van der Waals surface area contributed by atoms with Crippen molar-refractivity contribution in [3.63, 3.8) is 0 Å². The molecule has 1 aliphatic carbocycles. The Labute approximate surface area is 142 Å². The van der Waals surface area contributed by atoms with Crippen LogP contribution >= 0.6 is 0 Å². The molecule has 0 aromatic rings. The molecule has 134 valence electrons. The van der Waals surface area contributed by atoms with Gasteiger partial charge in [-0.1, -0.05) is 6.92 Å². The molecule has 0 bridgehead atoms. The van der Waals surface area contributed by atoms with Gasteiger partial charge < -0.3 is 9.64 Å². The summed E-state index contributed by atoms with van der Waals surface area (Å²) in [4.78, 5) is 34.3. The molecular formula is C17H27N3O4. The fraction of sp³-hybridized carbons (Fsp3) is 0.882. The van der Waals surface area contributed by atoms with Crippen molar-refractivity contribution >= 4 is 11.8 Å². The van der Waals surface area contributed by atoms with Crippen LogP contribution in [-0.4, -0.2) is 84.8 Å². The third-order valence-corrected chi connectivity index (χ3v) is 5.85. The van der Waals surface area contributed by atoms with E-state index in [-0.39, 0.29) is 29.4 Å². The normalized spacial score (nSPS) is 35.7. The Morgan fingerprint density at radius 3 is 2.46 bits per heavy atom. The number of amides is 2. The molecule has 3 saturated heterocycles. The Kier molecular flexibility index (Phi) is 4.05. The fourth-order valence-electron chi connectivity index (χ4n) is 4.09. The Hall–Kier alpha value is -1.18. The van der Waals surface area contributed by atoms with Crippen LogP contribution in [0.25, 0.3) is 0 Å². The SMILES string of the molecule is C[C@@H]1C[C@H]1C(=O)N1CC2(C1)CN(C)[C@@H](C(=O)N1CCCCO1)CO2. The molecule has 7 nitrogen and oxygen atoms in total. The molecule has 0 N–H and O–H groups in total. The smallest absolute Gasteiger partial charge is 0.265 e. The van der Waals surface area contributed by atoms with E-state index in [0.29, 0.717) is 45.3 Å². The minimum atomic E-state index is -0.290. The lowest BCUT2D eigenvalue weighted by Crippen LogP contribution is -2.73. The molecule has 0 aromatic carbocycles. The van der Waals surface area contributed by atoms with Gasteiger partial charge in [0.25, 0.3) is 5.91 Å². The van der Waals surface area contributed by atoms with Crippen LogP contribution in [0.2, 0.25) is 0 Å². The summed E-state index contributed by atoms with van der Waals surface area (Å²) in [5.74, 6) is 1.04. The number of hydroxylamine groups is 2. The van der Waals surface area contributed by atoms with Crippen LogP contribution in [0.3, 0.4) is 0 Å². The number of likely N-dealkylation sites (N-methyl/N-ethyl adjacent to an activating group) is 1. The molecule has 0 unspecified atom stereocenters. The molecule has 2 amide bonds. The highest BCUT2D eigenvalue weighted by Crippen LogP contribution is 2.42. The van der Waals surface area contributed by atoms with Gasteiger partial charge in [0, 0.05) is 19.0 Å². The zero-order valence-corrected chi connectivity index (χ0v) is 14.6. The number of ether oxygens (including phenoxy) is 1. The van der Waals surface area contributed by atoms with Gasteiger partial charge >= 0.3 is 0 Å². The first-order valence-corrected chi connectivity index (χ1v) is 9.06. The van der Waals surface area contributed by atoms with Crippen LogP contribution in [0, 0.1) is 11.8 Å². The first-order chi connectivity index (χ1) is 11.5. The van der Waals surface area contributed by atoms with Crippen LogP contribution in [0.5, 0.6) is 0 Å². The molecule has 1 spiro atoms. The molecule has 7 heteroatoms. The summed E-state index contributed by atoms with van der Waals surface area (Å²) in [6, 6.07) is -0.290. The van der Waals surface area contributed by atoms with E-state index in [9.17, 15) is 9.59 Å². The molecule has 3 heterocycles. The standard InChI is InChI=1S/C17H27N3O4/c1-12-7-13(12)15(21)19-10-17(11-19)9-18(2)14(8-23-17)16(22)20-5-3-4-6-24-20/h12-14H,3-11H2,1-2H3/t12-,13-,14-/m1/s1. The van der Waals surface area contributed by atoms with Gasteiger partial charge in [0.2, 0.25) is 5.91 Å². The van der Waals surface area contributed by atoms with Crippen molar-refractivity contribution in [1.82, 2.24) is 14.9 Å². The minimum Gasteiger partial charge on any atom is -0.368 e. The number of morpholine rings is 1. The topological polar surface area (TPSA) is 62.3 Å². The first kappa shape index (κ1) is 16.3. The van der Waals surface area contributed by atoms with Crippen molar-refractivity contribution in [2.24, 2.45) is 11.8 Å². The van der Waals surface area contributed by atoms with Crippen LogP contribution in [0.4, 0.5) is 0 Å². The lowest BCUT2D eigenvalue weighted by molar-refractivity contribution is -0.224. The second-order valence-electron chi connectivity index (χ2n) is 7.92. The van der Waals surface area contributed by atoms with E-state index in [1.165, 1.54) is 5.06 Å². The highest BCUT2D eigenvalue weighted by Gasteiger charge is 2.54. The highest BCUT2D eigenvalue weighted by atomic mass is 16.7. The molecule has 0 aromatic heterocycles. The third-order valence-electron chi connectivity index (χ3n) is 5.85. The Morgan fingerprint density at radius 2 is 1.88 bits per heavy atom. The molecule has 1 saturated carbocycles. The molecule has 4 fully saturated rings. The Balaban J connectivity index is 1.30. The van der Waals surface area contributed by atoms with E-state index >= 15 is 0 Å². The largest absolute Gasteiger partial charge is 0.368 e. The number of nitrogens with zero attached hydrogens (tertiary/aromatic N) is 3. The second-order valence-corrected chi connectivity index (χ2v) is 7.92. The van der Waals surface area contributed by atoms with Crippen LogP contribution in [0.15, 0.2) is 0 Å². The summed E-state index contributed by atoms with van der Waals surface area (Å²) in [6.07, 6.45) is 3.02. The van der Waals surface area contributed by atoms with Crippen molar-refractivity contribution in [1.29, 1.82) is 0 Å². The zero-order valence-electron chi connectivity index (χ0n) is 14.6. The number of likely N-dealkylation sites (tertiary alicyclic amines) is 1. The van der Waals surface area contributed by atoms with Gasteiger partial charge in [0.1, 0.15) is 11.6 Å². The van der Waals surface area contributed by atoms with E-state index in [0.717, 1.165) is 19.3 Å². The molecule has 4 aliphatic rings. The van der Waals surface area contributed by atoms with E-state index in [2.05, 4.69) is 11.8 Å². The van der Waals surface area contributed by atoms with Gasteiger partial charge in [-0.25, -0.2) is 5.06 Å². The van der Waals surface area contributed by atoms with Gasteiger partial charge in [-0.3, -0.25) is 19.3 Å². The van der Waals surface area contributed by atoms with Crippen molar-refractivity contribution in [3.05, 3.63) is 0 Å². The van der Waals surface area contributed by atoms with E-state index in [4.69, 9.17) is 9.57 Å². The molecule has 0 radical (unpaired) electrons. The predicted molar refractivity (Wildman–Crippen MR) is 85.9 cm³/mol. The van der Waals surface area contributed by atoms with Crippen molar-refractivity contribution in [2.75, 3.05) is 46.4 Å². The zero-order chi connectivity index (χ0) is 16.9. The average molecular weight is 337 g/mol. The van der Waals surface area contributed by atoms with Crippen molar-refractivity contribution in [2.45, 2.75) is 37.8 Å². The van der Waals surface area contributed by atoms with E-state index < -0.39 is 0 Å². The van der Waals surface area contributed by atoms with Crippen molar-refractivity contribution in [3.8, 4) is 0 Å². The highest BCUT2D eigenvalue weighted by molar-refractivity contribution is 5.83. The number of hydrogen-bond donors (Lipinski definition) is 0. The third kappa shape index (κ3) is 2.82. The minimum absolute atomic E-state index is 0.00823. The van der Waals surface area contributed by atoms with Gasteiger partial charge in [-0.2, -0.15) is 0 Å². The molecule has 3 aliphatic heterocycles. The Morgan fingerprint density at radius 1 is 1.12 bits per heavy atom. The van der Waals surface area contributed by atoms with Crippen LogP contribution < -0.4 is 0 Å². The van der Waals surface area contributed by atoms with Crippen molar-refractivity contribution < 1.29 is 19.2 Å². The summed E-state index contributed by atoms with van der Waals surface area (Å²) in [5, 5.41) is 1.50. The van der Waals surface area contributed by atoms with Crippen LogP contribution in [-0.2, 0) is 19.2 Å². The quantitative estimate of drug-likeness (QED) is 0.716. The van der Waals surface area contributed by atoms with Gasteiger partial charge in [0.05, 0.1) is 26.3 Å². The number of carbonyl (C=O) groups is 2. The first-order valence-electron chi connectivity index (χ1n) is 9.06. The molecule has 3 atom stereocenters. The van der Waals surface area contributed by atoms with Gasteiger partial charge in [-0.05, 0) is 32.2 Å². The van der Waals surface area contributed by atoms with E-state index in [1.54, 1.807) is 0 Å². The molecule has 4 rings (SSSR count). The van der Waals surface area contributed by atoms with E-state index in [1.807, 2.05) is 11.9 Å². The predicted octanol–water partition coefficient (Wildman–Crippen LogP) is 0.108. The summed E-state index contributed by atoms with van der Waals surface area (Å²) < 4.78 is 6.07. The number of hydrogen-bond acceptors (Lipinski definition) is 5. The molecule has 24 heavy (non-hydrogen) atoms. The summed E-state index contributed by atoms with van der Waals surface area (Å²) >= 11 is 0. The number of rotatable bonds is 2. The lowest BCUT2D eigenvalue weighted by Gasteiger charge is -2.55. The second kappa shape index (κ2) is 5.97. The maximum Gasteiger partial charge on any atom is 0.265 e. The summed E-state index contributed by atoms with van der Waals surface area (Å²) in [6.45, 7) is 5.76. The molecular weight excluding hydrogens is 310 g/mol. The van der Waals surface area contributed by atoms with Gasteiger partial charge in [-0.15, -0.1) is 0 Å².